The lowest BCUT2D eigenvalue weighted by molar-refractivity contribution is -0.108. The van der Waals surface area contributed by atoms with Gasteiger partial charge < -0.3 is 15.0 Å². The zero-order chi connectivity index (χ0) is 16.4. The minimum atomic E-state index is 0.0587. The fourth-order valence-electron chi connectivity index (χ4n) is 4.98. The summed E-state index contributed by atoms with van der Waals surface area (Å²) in [5, 5.41) is 3.32. The summed E-state index contributed by atoms with van der Waals surface area (Å²) in [4.78, 5) is 17.2. The number of nitrogens with one attached hydrogen (secondary N) is 1. The van der Waals surface area contributed by atoms with Gasteiger partial charge in [0.2, 0.25) is 0 Å². The van der Waals surface area contributed by atoms with Gasteiger partial charge in [0, 0.05) is 44.9 Å². The molecule has 1 aliphatic carbocycles. The van der Waals surface area contributed by atoms with Gasteiger partial charge in [-0.15, -0.1) is 0 Å². The van der Waals surface area contributed by atoms with Crippen LogP contribution in [0.5, 0.6) is 0 Å². The van der Waals surface area contributed by atoms with Crippen LogP contribution in [-0.4, -0.2) is 66.3 Å². The van der Waals surface area contributed by atoms with Crippen molar-refractivity contribution < 1.29 is 9.53 Å². The molecule has 3 aliphatic heterocycles. The number of ether oxygens (including phenoxy) is 1. The smallest absolute Gasteiger partial charge is 0.317 e. The molecule has 1 saturated carbocycles. The van der Waals surface area contributed by atoms with E-state index < -0.39 is 0 Å². The first-order chi connectivity index (χ1) is 11.7. The maximum Gasteiger partial charge on any atom is 0.317 e. The van der Waals surface area contributed by atoms with E-state index in [1.54, 1.807) is 0 Å². The molecule has 24 heavy (non-hydrogen) atoms. The van der Waals surface area contributed by atoms with Crippen LogP contribution in [0, 0.1) is 0 Å². The molecule has 0 aromatic rings. The third-order valence-corrected chi connectivity index (χ3v) is 6.40. The molecule has 0 unspecified atom stereocenters. The third kappa shape index (κ3) is 3.47. The van der Waals surface area contributed by atoms with Gasteiger partial charge in [0.05, 0.1) is 5.60 Å². The number of carbonyl (C=O) groups excluding carboxylic acids is 1. The Morgan fingerprint density at radius 1 is 1.12 bits per heavy atom. The van der Waals surface area contributed by atoms with Crippen molar-refractivity contribution in [2.24, 2.45) is 0 Å². The monoisotopic (exact) mass is 333 g/mol. The summed E-state index contributed by atoms with van der Waals surface area (Å²) >= 11 is 0. The Bertz CT molecular complexity index is 473. The van der Waals surface area contributed by atoms with Gasteiger partial charge >= 0.3 is 6.03 Å². The summed E-state index contributed by atoms with van der Waals surface area (Å²) in [5.74, 6) is 0. The molecular weight excluding hydrogens is 302 g/mol. The standard InChI is InChI=1S/C19H31N3O2/c23-18(22-12-6-17(15-22)21-10-4-5-11-21)20-16-7-13-24-19(14-16)8-2-1-3-9-19/h4-5,16-17H,1-3,6-15H2,(H,20,23)/t16-,17+/m0/s1. The highest BCUT2D eigenvalue weighted by Crippen LogP contribution is 2.38. The van der Waals surface area contributed by atoms with E-state index >= 15 is 0 Å². The van der Waals surface area contributed by atoms with Gasteiger partial charge in [-0.05, 0) is 32.1 Å². The Hall–Kier alpha value is -1.07. The fourth-order valence-corrected chi connectivity index (χ4v) is 4.98. The number of hydrogen-bond acceptors (Lipinski definition) is 3. The number of hydrogen-bond donors (Lipinski definition) is 1. The summed E-state index contributed by atoms with van der Waals surface area (Å²) in [6, 6.07) is 0.962. The van der Waals surface area contributed by atoms with E-state index in [2.05, 4.69) is 22.4 Å². The van der Waals surface area contributed by atoms with Crippen LogP contribution in [0.1, 0.15) is 51.4 Å². The SMILES string of the molecule is O=C(N[C@H]1CCOC2(CCCCC2)C1)N1CC[C@@H](N2CC=CC2)C1. The summed E-state index contributed by atoms with van der Waals surface area (Å²) in [6.07, 6.45) is 13.8. The molecule has 3 heterocycles. The van der Waals surface area contributed by atoms with Gasteiger partial charge in [0.15, 0.2) is 0 Å². The quantitative estimate of drug-likeness (QED) is 0.790. The van der Waals surface area contributed by atoms with Crippen LogP contribution in [0.3, 0.4) is 0 Å². The Balaban J connectivity index is 1.28. The summed E-state index contributed by atoms with van der Waals surface area (Å²) in [5.41, 5.74) is 0.0587. The molecule has 4 rings (SSSR count). The van der Waals surface area contributed by atoms with Gasteiger partial charge in [-0.3, -0.25) is 4.90 Å². The van der Waals surface area contributed by atoms with Crippen molar-refractivity contribution in [2.75, 3.05) is 32.8 Å². The van der Waals surface area contributed by atoms with Crippen molar-refractivity contribution in [3.8, 4) is 0 Å². The van der Waals surface area contributed by atoms with Crippen LogP contribution < -0.4 is 5.32 Å². The Labute approximate surface area is 145 Å². The first-order valence-corrected chi connectivity index (χ1v) is 9.83. The number of urea groups is 1. The van der Waals surface area contributed by atoms with Crippen molar-refractivity contribution in [1.82, 2.24) is 15.1 Å². The second kappa shape index (κ2) is 7.04. The maximum atomic E-state index is 12.7. The number of likely N-dealkylation sites (tertiary alicyclic amines) is 1. The van der Waals surface area contributed by atoms with Gasteiger partial charge in [-0.25, -0.2) is 4.79 Å². The lowest BCUT2D eigenvalue weighted by Gasteiger charge is -2.43. The second-order valence-corrected chi connectivity index (χ2v) is 8.05. The van der Waals surface area contributed by atoms with E-state index in [1.807, 2.05) is 4.90 Å². The van der Waals surface area contributed by atoms with Gasteiger partial charge in [-0.1, -0.05) is 31.4 Å². The van der Waals surface area contributed by atoms with E-state index in [9.17, 15) is 4.79 Å². The highest BCUT2D eigenvalue weighted by atomic mass is 16.5. The number of amides is 2. The van der Waals surface area contributed by atoms with Crippen molar-refractivity contribution >= 4 is 6.03 Å². The molecule has 5 nitrogen and oxygen atoms in total. The first-order valence-electron chi connectivity index (χ1n) is 9.83. The van der Waals surface area contributed by atoms with Crippen molar-refractivity contribution in [3.05, 3.63) is 12.2 Å². The Kier molecular flexibility index (Phi) is 4.81. The van der Waals surface area contributed by atoms with Gasteiger partial charge in [-0.2, -0.15) is 0 Å². The minimum absolute atomic E-state index is 0.0587. The summed E-state index contributed by atoms with van der Waals surface area (Å²) in [7, 11) is 0. The summed E-state index contributed by atoms with van der Waals surface area (Å²) in [6.45, 7) is 4.65. The number of rotatable bonds is 2. The van der Waals surface area contributed by atoms with Crippen LogP contribution in [-0.2, 0) is 4.74 Å². The molecule has 2 saturated heterocycles. The van der Waals surface area contributed by atoms with E-state index in [-0.39, 0.29) is 17.7 Å². The molecule has 2 amide bonds. The number of nitrogens with zero attached hydrogens (tertiary/aromatic N) is 2. The molecule has 0 radical (unpaired) electrons. The maximum absolute atomic E-state index is 12.7. The van der Waals surface area contributed by atoms with E-state index in [0.717, 1.165) is 52.0 Å². The van der Waals surface area contributed by atoms with Crippen molar-refractivity contribution in [2.45, 2.75) is 69.1 Å². The molecule has 0 aromatic heterocycles. The second-order valence-electron chi connectivity index (χ2n) is 8.05. The average molecular weight is 333 g/mol. The lowest BCUT2D eigenvalue weighted by atomic mass is 9.78. The van der Waals surface area contributed by atoms with Gasteiger partial charge in [0.25, 0.3) is 0 Å². The van der Waals surface area contributed by atoms with Crippen LogP contribution in [0.15, 0.2) is 12.2 Å². The van der Waals surface area contributed by atoms with E-state index in [1.165, 1.54) is 32.1 Å². The lowest BCUT2D eigenvalue weighted by Crippen LogP contribution is -2.52. The predicted molar refractivity (Wildman–Crippen MR) is 94.0 cm³/mol. The molecule has 4 aliphatic rings. The zero-order valence-corrected chi connectivity index (χ0v) is 14.7. The van der Waals surface area contributed by atoms with Crippen molar-refractivity contribution in [1.29, 1.82) is 0 Å². The Morgan fingerprint density at radius 3 is 2.71 bits per heavy atom. The topological polar surface area (TPSA) is 44.8 Å². The van der Waals surface area contributed by atoms with Crippen LogP contribution >= 0.6 is 0 Å². The molecule has 0 aromatic carbocycles. The Morgan fingerprint density at radius 2 is 1.92 bits per heavy atom. The number of carbonyl (C=O) groups is 1. The highest BCUT2D eigenvalue weighted by Gasteiger charge is 2.39. The molecule has 134 valence electrons. The first kappa shape index (κ1) is 16.4. The fraction of sp³-hybridized carbons (Fsp3) is 0.842. The van der Waals surface area contributed by atoms with Crippen LogP contribution in [0.2, 0.25) is 0 Å². The molecule has 1 N–H and O–H groups in total. The van der Waals surface area contributed by atoms with E-state index in [0.29, 0.717) is 6.04 Å². The van der Waals surface area contributed by atoms with Crippen LogP contribution in [0.4, 0.5) is 4.79 Å². The zero-order valence-electron chi connectivity index (χ0n) is 14.7. The normalized spacial score (nSPS) is 33.2. The van der Waals surface area contributed by atoms with Gasteiger partial charge in [0.1, 0.15) is 0 Å². The molecular formula is C19H31N3O2. The molecule has 5 heteroatoms. The van der Waals surface area contributed by atoms with E-state index in [4.69, 9.17) is 4.74 Å². The minimum Gasteiger partial charge on any atom is -0.375 e. The van der Waals surface area contributed by atoms with Crippen molar-refractivity contribution in [3.63, 3.8) is 0 Å². The molecule has 3 fully saturated rings. The predicted octanol–water partition coefficient (Wildman–Crippen LogP) is 2.52. The summed E-state index contributed by atoms with van der Waals surface area (Å²) < 4.78 is 6.15. The molecule has 0 bridgehead atoms. The largest absolute Gasteiger partial charge is 0.375 e. The highest BCUT2D eigenvalue weighted by molar-refractivity contribution is 5.75. The molecule has 2 atom stereocenters. The van der Waals surface area contributed by atoms with Crippen LogP contribution in [0.25, 0.3) is 0 Å². The molecule has 1 spiro atoms. The average Bonchev–Trinajstić information content (AvgIpc) is 3.27. The third-order valence-electron chi connectivity index (χ3n) is 6.40.